The van der Waals surface area contributed by atoms with Crippen LogP contribution >= 0.6 is 0 Å². The Morgan fingerprint density at radius 2 is 1.70 bits per heavy atom. The molecule has 0 saturated heterocycles. The molecule has 0 heterocycles. The molecule has 0 bridgehead atoms. The lowest BCUT2D eigenvalue weighted by atomic mass is 9.99. The Morgan fingerprint density at radius 1 is 1.05 bits per heavy atom. The van der Waals surface area contributed by atoms with E-state index in [4.69, 9.17) is 9.47 Å². The molecule has 0 aliphatic rings. The van der Waals surface area contributed by atoms with Gasteiger partial charge in [0.25, 0.3) is 0 Å². The summed E-state index contributed by atoms with van der Waals surface area (Å²) in [5.41, 5.74) is 1.22. The van der Waals surface area contributed by atoms with E-state index >= 15 is 0 Å². The third-order valence-corrected chi connectivity index (χ3v) is 3.89. The van der Waals surface area contributed by atoms with Crippen molar-refractivity contribution in [1.82, 2.24) is 5.32 Å². The Balaban J connectivity index is 2.69. The van der Waals surface area contributed by atoms with Crippen LogP contribution < -0.4 is 14.8 Å². The predicted octanol–water partition coefficient (Wildman–Crippen LogP) is 4.18. The highest BCUT2D eigenvalue weighted by atomic mass is 16.5. The Hall–Kier alpha value is -1.22. The molecule has 0 amide bonds. The summed E-state index contributed by atoms with van der Waals surface area (Å²) in [6, 6.07) is 6.91. The maximum absolute atomic E-state index is 5.36. The summed E-state index contributed by atoms with van der Waals surface area (Å²) in [4.78, 5) is 0. The summed E-state index contributed by atoms with van der Waals surface area (Å²) in [5, 5.41) is 3.65. The van der Waals surface area contributed by atoms with Crippen molar-refractivity contribution in [3.05, 3.63) is 23.8 Å². The first-order valence-electron chi connectivity index (χ1n) is 7.49. The van der Waals surface area contributed by atoms with Crippen LogP contribution in [0, 0.1) is 5.92 Å². The minimum atomic E-state index is 0.300. The molecular weight excluding hydrogens is 250 g/mol. The molecule has 3 heteroatoms. The number of methoxy groups -OCH3 is 2. The van der Waals surface area contributed by atoms with E-state index in [0.29, 0.717) is 12.1 Å². The van der Waals surface area contributed by atoms with E-state index in [2.05, 4.69) is 39.1 Å². The van der Waals surface area contributed by atoms with Gasteiger partial charge in [0.15, 0.2) is 11.5 Å². The van der Waals surface area contributed by atoms with Crippen LogP contribution in [0.15, 0.2) is 18.2 Å². The molecule has 0 spiro atoms. The molecule has 1 N–H and O–H groups in total. The van der Waals surface area contributed by atoms with Gasteiger partial charge in [-0.15, -0.1) is 0 Å². The van der Waals surface area contributed by atoms with Gasteiger partial charge in [-0.1, -0.05) is 26.3 Å². The Morgan fingerprint density at radius 3 is 2.25 bits per heavy atom. The molecular formula is C17H29NO2. The second-order valence-corrected chi connectivity index (χ2v) is 5.65. The Kier molecular flexibility index (Phi) is 6.86. The number of benzene rings is 1. The summed E-state index contributed by atoms with van der Waals surface area (Å²) in [6.45, 7) is 8.99. The van der Waals surface area contributed by atoms with E-state index in [-0.39, 0.29) is 0 Å². The summed E-state index contributed by atoms with van der Waals surface area (Å²) in [5.74, 6) is 2.32. The van der Waals surface area contributed by atoms with Crippen LogP contribution in [0.2, 0.25) is 0 Å². The van der Waals surface area contributed by atoms with Crippen molar-refractivity contribution < 1.29 is 9.47 Å². The standard InChI is InChI=1S/C17H29NO2/c1-7-12(2)10-13(3)18-14(4)15-8-9-16(19-5)17(11-15)20-6/h8-9,11-14,18H,7,10H2,1-6H3. The van der Waals surface area contributed by atoms with Gasteiger partial charge < -0.3 is 14.8 Å². The van der Waals surface area contributed by atoms with Crippen LogP contribution in [0.5, 0.6) is 11.5 Å². The highest BCUT2D eigenvalue weighted by molar-refractivity contribution is 5.43. The average Bonchev–Trinajstić information content (AvgIpc) is 2.45. The second-order valence-electron chi connectivity index (χ2n) is 5.65. The third kappa shape index (κ3) is 4.71. The van der Waals surface area contributed by atoms with Gasteiger partial charge in [0.05, 0.1) is 14.2 Å². The van der Waals surface area contributed by atoms with Crippen molar-refractivity contribution in [3.63, 3.8) is 0 Å². The van der Waals surface area contributed by atoms with Gasteiger partial charge in [0, 0.05) is 12.1 Å². The van der Waals surface area contributed by atoms with Gasteiger partial charge in [0.1, 0.15) is 0 Å². The average molecular weight is 279 g/mol. The smallest absolute Gasteiger partial charge is 0.161 e. The summed E-state index contributed by atoms with van der Waals surface area (Å²) in [7, 11) is 3.33. The maximum atomic E-state index is 5.36. The number of rotatable bonds is 8. The number of nitrogens with one attached hydrogen (secondary N) is 1. The molecule has 20 heavy (non-hydrogen) atoms. The van der Waals surface area contributed by atoms with Crippen molar-refractivity contribution in [2.75, 3.05) is 14.2 Å². The summed E-state index contributed by atoms with van der Waals surface area (Å²) in [6.07, 6.45) is 2.44. The molecule has 114 valence electrons. The Labute approximate surface area is 123 Å². The highest BCUT2D eigenvalue weighted by Crippen LogP contribution is 2.30. The Bertz CT molecular complexity index is 406. The van der Waals surface area contributed by atoms with Crippen LogP contribution in [-0.4, -0.2) is 20.3 Å². The zero-order valence-corrected chi connectivity index (χ0v) is 13.7. The van der Waals surface area contributed by atoms with Crippen LogP contribution in [0.4, 0.5) is 0 Å². The number of ether oxygens (including phenoxy) is 2. The molecule has 1 aromatic rings. The van der Waals surface area contributed by atoms with E-state index in [1.54, 1.807) is 14.2 Å². The fourth-order valence-electron chi connectivity index (χ4n) is 2.48. The van der Waals surface area contributed by atoms with Crippen LogP contribution in [-0.2, 0) is 0 Å². The molecule has 3 atom stereocenters. The SMILES string of the molecule is CCC(C)CC(C)NC(C)c1ccc(OC)c(OC)c1. The largest absolute Gasteiger partial charge is 0.493 e. The summed E-state index contributed by atoms with van der Waals surface area (Å²) < 4.78 is 10.6. The van der Waals surface area contributed by atoms with E-state index < -0.39 is 0 Å². The van der Waals surface area contributed by atoms with E-state index in [9.17, 15) is 0 Å². The molecule has 3 unspecified atom stereocenters. The van der Waals surface area contributed by atoms with E-state index in [1.165, 1.54) is 18.4 Å². The van der Waals surface area contributed by atoms with Gasteiger partial charge in [-0.25, -0.2) is 0 Å². The lowest BCUT2D eigenvalue weighted by molar-refractivity contribution is 0.352. The quantitative estimate of drug-likeness (QED) is 0.774. The first-order valence-corrected chi connectivity index (χ1v) is 7.49. The van der Waals surface area contributed by atoms with Gasteiger partial charge in [-0.2, -0.15) is 0 Å². The molecule has 3 nitrogen and oxygen atoms in total. The van der Waals surface area contributed by atoms with Crippen molar-refractivity contribution in [2.45, 2.75) is 52.6 Å². The molecule has 0 radical (unpaired) electrons. The zero-order chi connectivity index (χ0) is 15.1. The van der Waals surface area contributed by atoms with Gasteiger partial charge in [-0.05, 0) is 43.9 Å². The first kappa shape index (κ1) is 16.8. The van der Waals surface area contributed by atoms with Gasteiger partial charge in [0.2, 0.25) is 0 Å². The van der Waals surface area contributed by atoms with Crippen molar-refractivity contribution in [1.29, 1.82) is 0 Å². The number of hydrogen-bond donors (Lipinski definition) is 1. The maximum Gasteiger partial charge on any atom is 0.161 e. The van der Waals surface area contributed by atoms with Crippen molar-refractivity contribution in [3.8, 4) is 11.5 Å². The zero-order valence-electron chi connectivity index (χ0n) is 13.7. The first-order chi connectivity index (χ1) is 9.51. The fraction of sp³-hybridized carbons (Fsp3) is 0.647. The lowest BCUT2D eigenvalue weighted by Crippen LogP contribution is -2.30. The molecule has 1 aromatic carbocycles. The highest BCUT2D eigenvalue weighted by Gasteiger charge is 2.14. The summed E-state index contributed by atoms with van der Waals surface area (Å²) >= 11 is 0. The third-order valence-electron chi connectivity index (χ3n) is 3.89. The molecule has 0 aliphatic heterocycles. The predicted molar refractivity (Wildman–Crippen MR) is 84.6 cm³/mol. The topological polar surface area (TPSA) is 30.5 Å². The molecule has 1 rings (SSSR count). The molecule has 0 saturated carbocycles. The molecule has 0 aromatic heterocycles. The number of hydrogen-bond acceptors (Lipinski definition) is 3. The molecule has 0 fully saturated rings. The van der Waals surface area contributed by atoms with Gasteiger partial charge in [-0.3, -0.25) is 0 Å². The molecule has 0 aliphatic carbocycles. The van der Waals surface area contributed by atoms with Crippen molar-refractivity contribution in [2.24, 2.45) is 5.92 Å². The monoisotopic (exact) mass is 279 g/mol. The van der Waals surface area contributed by atoms with Crippen LogP contribution in [0.1, 0.15) is 52.1 Å². The minimum absolute atomic E-state index is 0.300. The second kappa shape index (κ2) is 8.15. The van der Waals surface area contributed by atoms with E-state index in [1.807, 2.05) is 12.1 Å². The van der Waals surface area contributed by atoms with Crippen molar-refractivity contribution >= 4 is 0 Å². The van der Waals surface area contributed by atoms with Gasteiger partial charge >= 0.3 is 0 Å². The normalized spacial score (nSPS) is 15.5. The van der Waals surface area contributed by atoms with Crippen LogP contribution in [0.25, 0.3) is 0 Å². The fourth-order valence-corrected chi connectivity index (χ4v) is 2.48. The van der Waals surface area contributed by atoms with E-state index in [0.717, 1.165) is 17.4 Å². The minimum Gasteiger partial charge on any atom is -0.493 e. The lowest BCUT2D eigenvalue weighted by Gasteiger charge is -2.23. The van der Waals surface area contributed by atoms with Crippen LogP contribution in [0.3, 0.4) is 0 Å².